The van der Waals surface area contributed by atoms with E-state index in [9.17, 15) is 0 Å². The Morgan fingerprint density at radius 1 is 1.30 bits per heavy atom. The third kappa shape index (κ3) is 7.88. The van der Waals surface area contributed by atoms with Crippen LogP contribution in [-0.4, -0.2) is 29.7 Å². The minimum absolute atomic E-state index is 0.0315. The Morgan fingerprint density at radius 2 is 2.00 bits per heavy atom. The lowest BCUT2D eigenvalue weighted by atomic mass is 10.3. The summed E-state index contributed by atoms with van der Waals surface area (Å²) in [4.78, 5) is 0. The zero-order valence-electron chi connectivity index (χ0n) is 6.42. The van der Waals surface area contributed by atoms with E-state index in [2.05, 4.69) is 6.92 Å². The molecular weight excluding hydrogens is 132 g/mol. The Kier molecular flexibility index (Phi) is 6.91. The molecule has 3 nitrogen and oxygen atoms in total. The van der Waals surface area contributed by atoms with Crippen LogP contribution in [0.4, 0.5) is 0 Å². The highest BCUT2D eigenvalue weighted by atomic mass is 16.5. The van der Waals surface area contributed by atoms with Crippen LogP contribution in [0.2, 0.25) is 0 Å². The average Bonchev–Trinajstić information content (AvgIpc) is 1.87. The van der Waals surface area contributed by atoms with Crippen molar-refractivity contribution in [3.63, 3.8) is 0 Å². The lowest BCUT2D eigenvalue weighted by Gasteiger charge is -2.03. The van der Waals surface area contributed by atoms with Gasteiger partial charge >= 0.3 is 0 Å². The predicted octanol–water partition coefficient (Wildman–Crippen LogP) is 0.504. The smallest absolute Gasteiger partial charge is 0.175 e. The summed E-state index contributed by atoms with van der Waals surface area (Å²) in [7, 11) is 0. The van der Waals surface area contributed by atoms with E-state index >= 15 is 0 Å². The van der Waals surface area contributed by atoms with Gasteiger partial charge in [-0.2, -0.15) is 0 Å². The quantitative estimate of drug-likeness (QED) is 0.426. The lowest BCUT2D eigenvalue weighted by Crippen LogP contribution is -2.14. The number of unbranched alkanes of at least 4 members (excludes halogenated alkanes) is 2. The van der Waals surface area contributed by atoms with E-state index in [1.165, 1.54) is 0 Å². The van der Waals surface area contributed by atoms with Gasteiger partial charge in [0.05, 0.1) is 6.61 Å². The summed E-state index contributed by atoms with van der Waals surface area (Å²) in [5.41, 5.74) is 0. The predicted molar refractivity (Wildman–Crippen MR) is 38.6 cm³/mol. The summed E-state index contributed by atoms with van der Waals surface area (Å²) in [6.45, 7) is 2.77. The summed E-state index contributed by atoms with van der Waals surface area (Å²) >= 11 is 0. The monoisotopic (exact) mass is 148 g/mol. The zero-order valence-corrected chi connectivity index (χ0v) is 6.42. The van der Waals surface area contributed by atoms with E-state index in [-0.39, 0.29) is 6.61 Å². The fourth-order valence-corrected chi connectivity index (χ4v) is 0.643. The zero-order chi connectivity index (χ0) is 7.82. The average molecular weight is 148 g/mol. The third-order valence-electron chi connectivity index (χ3n) is 1.16. The molecule has 0 unspecified atom stereocenters. The second-order valence-electron chi connectivity index (χ2n) is 2.26. The van der Waals surface area contributed by atoms with E-state index < -0.39 is 6.29 Å². The highest BCUT2D eigenvalue weighted by molar-refractivity contribution is 4.37. The first-order valence-electron chi connectivity index (χ1n) is 3.71. The largest absolute Gasteiger partial charge is 0.376 e. The Bertz CT molecular complexity index is 63.9. The maximum Gasteiger partial charge on any atom is 0.175 e. The topological polar surface area (TPSA) is 49.7 Å². The van der Waals surface area contributed by atoms with Crippen LogP contribution in [0.15, 0.2) is 0 Å². The summed E-state index contributed by atoms with van der Waals surface area (Å²) < 4.78 is 4.90. The molecule has 0 aromatic rings. The molecule has 0 aliphatic heterocycles. The minimum Gasteiger partial charge on any atom is -0.376 e. The molecule has 0 saturated carbocycles. The Morgan fingerprint density at radius 3 is 2.50 bits per heavy atom. The van der Waals surface area contributed by atoms with Crippen molar-refractivity contribution in [2.45, 2.75) is 32.5 Å². The Labute approximate surface area is 61.6 Å². The summed E-state index contributed by atoms with van der Waals surface area (Å²) in [5, 5.41) is 16.7. The lowest BCUT2D eigenvalue weighted by molar-refractivity contribution is -0.0949. The molecule has 0 aliphatic carbocycles. The van der Waals surface area contributed by atoms with Crippen molar-refractivity contribution in [2.24, 2.45) is 0 Å². The van der Waals surface area contributed by atoms with Gasteiger partial charge in [-0.05, 0) is 6.42 Å². The van der Waals surface area contributed by atoms with Gasteiger partial charge in [0.2, 0.25) is 0 Å². The molecule has 0 fully saturated rings. The van der Waals surface area contributed by atoms with Gasteiger partial charge in [0, 0.05) is 6.61 Å². The molecule has 0 bridgehead atoms. The molecule has 0 aromatic carbocycles. The van der Waals surface area contributed by atoms with Gasteiger partial charge < -0.3 is 14.9 Å². The molecule has 0 atom stereocenters. The first-order valence-corrected chi connectivity index (χ1v) is 3.71. The maximum absolute atomic E-state index is 8.34. The first kappa shape index (κ1) is 9.88. The maximum atomic E-state index is 8.34. The van der Waals surface area contributed by atoms with Crippen molar-refractivity contribution in [3.8, 4) is 0 Å². The molecule has 10 heavy (non-hydrogen) atoms. The summed E-state index contributed by atoms with van der Waals surface area (Å²) in [6, 6.07) is 0. The standard InChI is InChI=1S/C7H16O3/c1-2-3-4-5-10-6-7(8)9/h7-9H,2-6H2,1H3. The molecule has 0 aromatic heterocycles. The second-order valence-corrected chi connectivity index (χ2v) is 2.26. The van der Waals surface area contributed by atoms with Gasteiger partial charge in [0.25, 0.3) is 0 Å². The molecule has 2 N–H and O–H groups in total. The van der Waals surface area contributed by atoms with Gasteiger partial charge in [-0.25, -0.2) is 0 Å². The van der Waals surface area contributed by atoms with Crippen molar-refractivity contribution >= 4 is 0 Å². The highest BCUT2D eigenvalue weighted by Crippen LogP contribution is 1.93. The molecule has 62 valence electrons. The van der Waals surface area contributed by atoms with Gasteiger partial charge in [-0.1, -0.05) is 19.8 Å². The molecule has 0 saturated heterocycles. The van der Waals surface area contributed by atoms with E-state index in [0.717, 1.165) is 19.3 Å². The SMILES string of the molecule is CCCCCOCC(O)O. The molecule has 0 radical (unpaired) electrons. The third-order valence-corrected chi connectivity index (χ3v) is 1.16. The molecule has 0 spiro atoms. The molecule has 3 heteroatoms. The Balaban J connectivity index is 2.77. The van der Waals surface area contributed by atoms with E-state index in [1.807, 2.05) is 0 Å². The number of aliphatic hydroxyl groups excluding tert-OH is 1. The fourth-order valence-electron chi connectivity index (χ4n) is 0.643. The minimum atomic E-state index is -1.32. The van der Waals surface area contributed by atoms with Crippen LogP contribution in [0.3, 0.4) is 0 Å². The van der Waals surface area contributed by atoms with Crippen molar-refractivity contribution in [2.75, 3.05) is 13.2 Å². The molecule has 0 aliphatic rings. The number of rotatable bonds is 6. The normalized spacial score (nSPS) is 10.8. The van der Waals surface area contributed by atoms with E-state index in [4.69, 9.17) is 14.9 Å². The second kappa shape index (κ2) is 6.99. The van der Waals surface area contributed by atoms with E-state index in [1.54, 1.807) is 0 Å². The van der Waals surface area contributed by atoms with Gasteiger partial charge in [0.15, 0.2) is 6.29 Å². The molecule has 0 amide bonds. The number of aliphatic hydroxyl groups is 2. The molecular formula is C7H16O3. The van der Waals surface area contributed by atoms with Crippen LogP contribution < -0.4 is 0 Å². The van der Waals surface area contributed by atoms with Gasteiger partial charge in [0.1, 0.15) is 0 Å². The fraction of sp³-hybridized carbons (Fsp3) is 1.00. The van der Waals surface area contributed by atoms with Crippen molar-refractivity contribution in [1.82, 2.24) is 0 Å². The number of hydrogen-bond acceptors (Lipinski definition) is 3. The molecule has 0 rings (SSSR count). The van der Waals surface area contributed by atoms with Crippen molar-refractivity contribution in [3.05, 3.63) is 0 Å². The van der Waals surface area contributed by atoms with Gasteiger partial charge in [-0.3, -0.25) is 0 Å². The van der Waals surface area contributed by atoms with Crippen LogP contribution in [0.1, 0.15) is 26.2 Å². The highest BCUT2D eigenvalue weighted by Gasteiger charge is 1.94. The number of hydrogen-bond donors (Lipinski definition) is 2. The number of ether oxygens (including phenoxy) is 1. The van der Waals surface area contributed by atoms with Crippen LogP contribution in [0, 0.1) is 0 Å². The molecule has 0 heterocycles. The van der Waals surface area contributed by atoms with Crippen LogP contribution in [-0.2, 0) is 4.74 Å². The van der Waals surface area contributed by atoms with Crippen LogP contribution in [0.5, 0.6) is 0 Å². The van der Waals surface area contributed by atoms with E-state index in [0.29, 0.717) is 6.61 Å². The van der Waals surface area contributed by atoms with Crippen LogP contribution >= 0.6 is 0 Å². The van der Waals surface area contributed by atoms with Crippen molar-refractivity contribution in [1.29, 1.82) is 0 Å². The van der Waals surface area contributed by atoms with Crippen molar-refractivity contribution < 1.29 is 14.9 Å². The summed E-state index contributed by atoms with van der Waals surface area (Å²) in [5.74, 6) is 0. The first-order chi connectivity index (χ1) is 4.77. The van der Waals surface area contributed by atoms with Crippen LogP contribution in [0.25, 0.3) is 0 Å². The summed E-state index contributed by atoms with van der Waals surface area (Å²) in [6.07, 6.45) is 1.98. The Hall–Kier alpha value is -0.120. The van der Waals surface area contributed by atoms with Gasteiger partial charge in [-0.15, -0.1) is 0 Å².